The molecule has 0 heterocycles. The second-order valence-corrected chi connectivity index (χ2v) is 5.17. The number of benzene rings is 1. The number of hydrogen-bond acceptors (Lipinski definition) is 3. The van der Waals surface area contributed by atoms with E-state index in [1.54, 1.807) is 0 Å². The molecule has 1 rings (SSSR count). The Balaban J connectivity index is 1.95. The Morgan fingerprint density at radius 3 is 2.21 bits per heavy atom. The Kier molecular flexibility index (Phi) is 9.33. The molecule has 0 amide bonds. The predicted molar refractivity (Wildman–Crippen MR) is 82.6 cm³/mol. The third-order valence-electron chi connectivity index (χ3n) is 3.38. The molecule has 0 fully saturated rings. The summed E-state index contributed by atoms with van der Waals surface area (Å²) in [5, 5.41) is 3.37. The number of nitrogens with two attached hydrogens (primary N) is 2. The molecule has 0 aromatic heterocycles. The zero-order valence-electron chi connectivity index (χ0n) is 12.0. The molecule has 0 aliphatic rings. The van der Waals surface area contributed by atoms with Crippen LogP contribution >= 0.6 is 0 Å². The van der Waals surface area contributed by atoms with Crippen LogP contribution in [0.4, 0.5) is 0 Å². The molecule has 1 aromatic rings. The summed E-state index contributed by atoms with van der Waals surface area (Å²) in [7, 11) is 0. The molecule has 0 saturated heterocycles. The standard InChI is InChI=1S/C16H29N3/c17-13-9-4-2-1-3-8-12-16(18)19-14-15-10-6-5-7-11-15/h5-7,10-11,16,19H,1-4,8-9,12-14,17-18H2. The molecule has 0 bridgehead atoms. The summed E-state index contributed by atoms with van der Waals surface area (Å²) >= 11 is 0. The van der Waals surface area contributed by atoms with Crippen molar-refractivity contribution in [2.75, 3.05) is 6.54 Å². The van der Waals surface area contributed by atoms with Gasteiger partial charge in [-0.15, -0.1) is 0 Å². The highest BCUT2D eigenvalue weighted by molar-refractivity contribution is 5.14. The molecule has 0 radical (unpaired) electrons. The van der Waals surface area contributed by atoms with E-state index < -0.39 is 0 Å². The Labute approximate surface area is 117 Å². The highest BCUT2D eigenvalue weighted by Crippen LogP contribution is 2.07. The lowest BCUT2D eigenvalue weighted by Gasteiger charge is -2.13. The van der Waals surface area contributed by atoms with Crippen molar-refractivity contribution >= 4 is 0 Å². The third kappa shape index (κ3) is 8.76. The van der Waals surface area contributed by atoms with Crippen molar-refractivity contribution in [1.29, 1.82) is 0 Å². The van der Waals surface area contributed by atoms with Gasteiger partial charge in [-0.1, -0.05) is 62.4 Å². The molecule has 1 unspecified atom stereocenters. The van der Waals surface area contributed by atoms with E-state index in [9.17, 15) is 0 Å². The van der Waals surface area contributed by atoms with Crippen LogP contribution in [0.25, 0.3) is 0 Å². The lowest BCUT2D eigenvalue weighted by atomic mass is 10.1. The Morgan fingerprint density at radius 2 is 1.53 bits per heavy atom. The fraction of sp³-hybridized carbons (Fsp3) is 0.625. The van der Waals surface area contributed by atoms with Crippen molar-refractivity contribution in [3.05, 3.63) is 35.9 Å². The summed E-state index contributed by atoms with van der Waals surface area (Å²) < 4.78 is 0. The van der Waals surface area contributed by atoms with E-state index in [1.807, 2.05) is 6.07 Å². The maximum absolute atomic E-state index is 6.06. The molecule has 108 valence electrons. The van der Waals surface area contributed by atoms with Gasteiger partial charge in [0.05, 0.1) is 6.17 Å². The minimum Gasteiger partial charge on any atom is -0.330 e. The molecule has 1 aromatic carbocycles. The topological polar surface area (TPSA) is 64.1 Å². The first-order chi connectivity index (χ1) is 9.33. The molecule has 0 saturated carbocycles. The van der Waals surface area contributed by atoms with Gasteiger partial charge in [-0.3, -0.25) is 5.32 Å². The second-order valence-electron chi connectivity index (χ2n) is 5.17. The summed E-state index contributed by atoms with van der Waals surface area (Å²) in [6.45, 7) is 1.69. The maximum atomic E-state index is 6.06. The molecule has 19 heavy (non-hydrogen) atoms. The fourth-order valence-electron chi connectivity index (χ4n) is 2.16. The van der Waals surface area contributed by atoms with E-state index in [-0.39, 0.29) is 6.17 Å². The molecule has 3 nitrogen and oxygen atoms in total. The van der Waals surface area contributed by atoms with Gasteiger partial charge >= 0.3 is 0 Å². The molecule has 5 N–H and O–H groups in total. The summed E-state index contributed by atoms with van der Waals surface area (Å²) in [4.78, 5) is 0. The first-order valence-electron chi connectivity index (χ1n) is 7.56. The van der Waals surface area contributed by atoms with Gasteiger partial charge in [0.15, 0.2) is 0 Å². The predicted octanol–water partition coefficient (Wildman–Crippen LogP) is 2.75. The van der Waals surface area contributed by atoms with E-state index in [4.69, 9.17) is 11.5 Å². The zero-order valence-corrected chi connectivity index (χ0v) is 12.0. The van der Waals surface area contributed by atoms with Crippen LogP contribution in [0.3, 0.4) is 0 Å². The van der Waals surface area contributed by atoms with E-state index in [0.717, 1.165) is 25.9 Å². The minimum absolute atomic E-state index is 0.115. The lowest BCUT2D eigenvalue weighted by Crippen LogP contribution is -2.36. The second kappa shape index (κ2) is 11.0. The fourth-order valence-corrected chi connectivity index (χ4v) is 2.16. The van der Waals surface area contributed by atoms with Crippen molar-refractivity contribution < 1.29 is 0 Å². The van der Waals surface area contributed by atoms with Crippen LogP contribution in [0.1, 0.15) is 50.5 Å². The molecule has 0 aliphatic heterocycles. The quantitative estimate of drug-likeness (QED) is 0.425. The number of hydrogen-bond donors (Lipinski definition) is 3. The van der Waals surface area contributed by atoms with Gasteiger partial charge in [-0.05, 0) is 24.9 Å². The largest absolute Gasteiger partial charge is 0.330 e. The smallest absolute Gasteiger partial charge is 0.0548 e. The summed E-state index contributed by atoms with van der Waals surface area (Å²) in [5.74, 6) is 0. The van der Waals surface area contributed by atoms with Crippen LogP contribution in [-0.2, 0) is 6.54 Å². The van der Waals surface area contributed by atoms with Gasteiger partial charge in [-0.2, -0.15) is 0 Å². The zero-order chi connectivity index (χ0) is 13.8. The van der Waals surface area contributed by atoms with E-state index in [1.165, 1.54) is 37.7 Å². The highest BCUT2D eigenvalue weighted by atomic mass is 15.0. The Morgan fingerprint density at radius 1 is 0.895 bits per heavy atom. The maximum Gasteiger partial charge on any atom is 0.0548 e. The van der Waals surface area contributed by atoms with Gasteiger partial charge in [0, 0.05) is 6.54 Å². The van der Waals surface area contributed by atoms with Gasteiger partial charge in [0.2, 0.25) is 0 Å². The van der Waals surface area contributed by atoms with Crippen LogP contribution in [0, 0.1) is 0 Å². The van der Waals surface area contributed by atoms with Crippen LogP contribution < -0.4 is 16.8 Å². The van der Waals surface area contributed by atoms with Crippen molar-refractivity contribution in [3.8, 4) is 0 Å². The van der Waals surface area contributed by atoms with Gasteiger partial charge in [0.25, 0.3) is 0 Å². The molecule has 3 heteroatoms. The number of nitrogens with one attached hydrogen (secondary N) is 1. The summed E-state index contributed by atoms with van der Waals surface area (Å²) in [6.07, 6.45) is 8.73. The van der Waals surface area contributed by atoms with Gasteiger partial charge in [0.1, 0.15) is 0 Å². The van der Waals surface area contributed by atoms with Crippen molar-refractivity contribution in [3.63, 3.8) is 0 Å². The Bertz CT molecular complexity index is 300. The molecule has 1 atom stereocenters. The van der Waals surface area contributed by atoms with Crippen LogP contribution in [0.5, 0.6) is 0 Å². The van der Waals surface area contributed by atoms with Crippen molar-refractivity contribution in [1.82, 2.24) is 5.32 Å². The van der Waals surface area contributed by atoms with Gasteiger partial charge < -0.3 is 11.5 Å². The van der Waals surface area contributed by atoms with Crippen LogP contribution in [0.2, 0.25) is 0 Å². The van der Waals surface area contributed by atoms with Crippen molar-refractivity contribution in [2.45, 2.75) is 57.7 Å². The minimum atomic E-state index is 0.115. The van der Waals surface area contributed by atoms with Crippen LogP contribution in [0.15, 0.2) is 30.3 Å². The first kappa shape index (κ1) is 16.2. The molecular formula is C16H29N3. The van der Waals surface area contributed by atoms with Crippen LogP contribution in [-0.4, -0.2) is 12.7 Å². The monoisotopic (exact) mass is 263 g/mol. The van der Waals surface area contributed by atoms with Crippen molar-refractivity contribution in [2.24, 2.45) is 11.5 Å². The first-order valence-corrected chi connectivity index (χ1v) is 7.56. The average Bonchev–Trinajstić information content (AvgIpc) is 2.45. The third-order valence-corrected chi connectivity index (χ3v) is 3.38. The lowest BCUT2D eigenvalue weighted by molar-refractivity contribution is 0.462. The number of unbranched alkanes of at least 4 members (excludes halogenated alkanes) is 5. The highest BCUT2D eigenvalue weighted by Gasteiger charge is 2.01. The SMILES string of the molecule is NCCCCCCCCC(N)NCc1ccccc1. The molecular weight excluding hydrogens is 234 g/mol. The Hall–Kier alpha value is -0.900. The summed E-state index contributed by atoms with van der Waals surface area (Å²) in [6, 6.07) is 10.4. The summed E-state index contributed by atoms with van der Waals surface area (Å²) in [5.41, 5.74) is 12.8. The number of rotatable bonds is 11. The molecule has 0 spiro atoms. The average molecular weight is 263 g/mol. The normalized spacial score (nSPS) is 12.5. The van der Waals surface area contributed by atoms with E-state index in [0.29, 0.717) is 0 Å². The van der Waals surface area contributed by atoms with E-state index in [2.05, 4.69) is 29.6 Å². The van der Waals surface area contributed by atoms with E-state index >= 15 is 0 Å². The van der Waals surface area contributed by atoms with Gasteiger partial charge in [-0.25, -0.2) is 0 Å². The molecule has 0 aliphatic carbocycles.